The fourth-order valence-corrected chi connectivity index (χ4v) is 2.07. The lowest BCUT2D eigenvalue weighted by atomic mass is 10.1. The van der Waals surface area contributed by atoms with E-state index in [0.29, 0.717) is 20.9 Å². The van der Waals surface area contributed by atoms with Crippen LogP contribution in [0.3, 0.4) is 0 Å². The highest BCUT2D eigenvalue weighted by Gasteiger charge is 2.09. The number of alkyl halides is 1. The number of benzene rings is 1. The molecule has 0 fully saturated rings. The van der Waals surface area contributed by atoms with Crippen molar-refractivity contribution >= 4 is 44.3 Å². The number of hydrogen-bond donors (Lipinski definition) is 0. The largest absolute Gasteiger partial charge is 0.294 e. The number of Topliss-reactive ketones (excluding diaryl/α,β-unsaturated/α-hetero) is 1. The van der Waals surface area contributed by atoms with E-state index in [0.717, 1.165) is 0 Å². The van der Waals surface area contributed by atoms with E-state index >= 15 is 0 Å². The van der Waals surface area contributed by atoms with Crippen LogP contribution in [0.2, 0.25) is 0 Å². The van der Waals surface area contributed by atoms with Crippen LogP contribution in [-0.2, 0) is 0 Å². The van der Waals surface area contributed by atoms with E-state index in [9.17, 15) is 9.18 Å². The summed E-state index contributed by atoms with van der Waals surface area (Å²) in [5.74, 6) is -0.263. The van der Waals surface area contributed by atoms with Gasteiger partial charge in [-0.25, -0.2) is 4.39 Å². The molecule has 1 nitrogen and oxygen atoms in total. The van der Waals surface area contributed by atoms with E-state index in [-0.39, 0.29) is 11.6 Å². The van der Waals surface area contributed by atoms with Gasteiger partial charge in [0.05, 0.1) is 0 Å². The van der Waals surface area contributed by atoms with Crippen molar-refractivity contribution in [2.45, 2.75) is 6.42 Å². The molecule has 1 rings (SSSR count). The highest BCUT2D eigenvalue weighted by atomic mass is 127. The summed E-state index contributed by atoms with van der Waals surface area (Å²) in [5.41, 5.74) is 0.599. The van der Waals surface area contributed by atoms with Gasteiger partial charge in [-0.05, 0) is 40.8 Å². The molecule has 13 heavy (non-hydrogen) atoms. The van der Waals surface area contributed by atoms with Crippen molar-refractivity contribution in [1.82, 2.24) is 0 Å². The lowest BCUT2D eigenvalue weighted by Crippen LogP contribution is -2.02. The number of halogens is 3. The van der Waals surface area contributed by atoms with E-state index < -0.39 is 0 Å². The maximum atomic E-state index is 12.7. The third-order valence-electron chi connectivity index (χ3n) is 1.55. The summed E-state index contributed by atoms with van der Waals surface area (Å²) in [5, 5.41) is 0.638. The fourth-order valence-electron chi connectivity index (χ4n) is 0.936. The second-order valence-corrected chi connectivity index (χ2v) is 4.44. The zero-order valence-corrected chi connectivity index (χ0v) is 10.4. The van der Waals surface area contributed by atoms with Crippen LogP contribution in [0.5, 0.6) is 0 Å². The molecule has 0 radical (unpaired) electrons. The minimum atomic E-state index is -0.306. The highest BCUT2D eigenvalue weighted by molar-refractivity contribution is 14.1. The van der Waals surface area contributed by atoms with Crippen molar-refractivity contribution in [2.24, 2.45) is 0 Å². The van der Waals surface area contributed by atoms with E-state index in [1.165, 1.54) is 18.2 Å². The molecule has 0 aliphatic heterocycles. The van der Waals surface area contributed by atoms with Gasteiger partial charge in [0.2, 0.25) is 0 Å². The summed E-state index contributed by atoms with van der Waals surface area (Å²) in [4.78, 5) is 11.4. The molecule has 0 amide bonds. The molecule has 4 heteroatoms. The van der Waals surface area contributed by atoms with Gasteiger partial charge < -0.3 is 0 Å². The number of hydrogen-bond acceptors (Lipinski definition) is 1. The summed E-state index contributed by atoms with van der Waals surface area (Å²) >= 11 is 5.15. The molecule has 70 valence electrons. The molecule has 0 N–H and O–H groups in total. The molecule has 0 aliphatic rings. The lowest BCUT2D eigenvalue weighted by molar-refractivity contribution is 0.0989. The molecule has 0 heterocycles. The summed E-state index contributed by atoms with van der Waals surface area (Å²) in [6.07, 6.45) is 0.446. The van der Waals surface area contributed by atoms with E-state index in [4.69, 9.17) is 0 Å². The Bertz CT molecular complexity index is 327. The third kappa shape index (κ3) is 3.02. The fraction of sp³-hybridized carbons (Fsp3) is 0.222. The highest BCUT2D eigenvalue weighted by Crippen LogP contribution is 2.15. The molecule has 1 aromatic rings. The van der Waals surface area contributed by atoms with Gasteiger partial charge >= 0.3 is 0 Å². The van der Waals surface area contributed by atoms with Gasteiger partial charge in [-0.1, -0.05) is 15.9 Å². The van der Waals surface area contributed by atoms with E-state index in [1.807, 2.05) is 22.6 Å². The Kier molecular flexibility index (Phi) is 4.31. The van der Waals surface area contributed by atoms with Crippen molar-refractivity contribution in [3.63, 3.8) is 0 Å². The van der Waals surface area contributed by atoms with Gasteiger partial charge in [0.1, 0.15) is 5.82 Å². The molecular formula is C9H7BrFIO. The first-order valence-corrected chi connectivity index (χ1v) is 5.89. The molecule has 0 bridgehead atoms. The molecule has 0 spiro atoms. The van der Waals surface area contributed by atoms with Crippen LogP contribution in [-0.4, -0.2) is 11.1 Å². The molecular weight excluding hydrogens is 350 g/mol. The van der Waals surface area contributed by atoms with Crippen molar-refractivity contribution < 1.29 is 9.18 Å². The molecule has 0 aliphatic carbocycles. The van der Waals surface area contributed by atoms with Crippen LogP contribution in [0.25, 0.3) is 0 Å². The number of ketones is 1. The Hall–Kier alpha value is 0.0300. The van der Waals surface area contributed by atoms with Crippen LogP contribution >= 0.6 is 38.5 Å². The van der Waals surface area contributed by atoms with E-state index in [2.05, 4.69) is 15.9 Å². The molecule has 1 aromatic carbocycles. The minimum Gasteiger partial charge on any atom is -0.294 e. The molecule has 0 atom stereocenters. The second-order valence-electron chi connectivity index (χ2n) is 2.49. The van der Waals surface area contributed by atoms with Crippen LogP contribution in [0, 0.1) is 9.39 Å². The number of carbonyl (C=O) groups is 1. The van der Waals surface area contributed by atoms with Crippen LogP contribution in [0.1, 0.15) is 16.8 Å². The van der Waals surface area contributed by atoms with Crippen LogP contribution in [0.15, 0.2) is 18.2 Å². The maximum absolute atomic E-state index is 12.7. The lowest BCUT2D eigenvalue weighted by Gasteiger charge is -2.01. The summed E-state index contributed by atoms with van der Waals surface area (Å²) < 4.78 is 13.3. The monoisotopic (exact) mass is 356 g/mol. The standard InChI is InChI=1S/C9H7BrFIO/c10-4-3-9(13)7-2-1-6(11)5-8(7)12/h1-2,5H,3-4H2. The normalized spacial score (nSPS) is 10.1. The van der Waals surface area contributed by atoms with Crippen molar-refractivity contribution in [2.75, 3.05) is 5.33 Å². The summed E-state index contributed by atoms with van der Waals surface area (Å²) in [6.45, 7) is 0. The van der Waals surface area contributed by atoms with Crippen molar-refractivity contribution in [3.8, 4) is 0 Å². The minimum absolute atomic E-state index is 0.0428. The Labute approximate surface area is 98.0 Å². The maximum Gasteiger partial charge on any atom is 0.164 e. The molecule has 0 saturated carbocycles. The van der Waals surface area contributed by atoms with Crippen molar-refractivity contribution in [3.05, 3.63) is 33.1 Å². The number of rotatable bonds is 3. The smallest absolute Gasteiger partial charge is 0.164 e. The first kappa shape index (κ1) is 11.1. The molecule has 0 unspecified atom stereocenters. The SMILES string of the molecule is O=C(CCBr)c1ccc(F)cc1I. The zero-order valence-electron chi connectivity index (χ0n) is 6.69. The van der Waals surface area contributed by atoms with Gasteiger partial charge in [-0.3, -0.25) is 4.79 Å². The third-order valence-corrected chi connectivity index (χ3v) is 2.84. The number of carbonyl (C=O) groups excluding carboxylic acids is 1. The topological polar surface area (TPSA) is 17.1 Å². The summed E-state index contributed by atoms with van der Waals surface area (Å²) in [7, 11) is 0. The summed E-state index contributed by atoms with van der Waals surface area (Å²) in [6, 6.07) is 4.20. The Morgan fingerprint density at radius 3 is 2.77 bits per heavy atom. The van der Waals surface area contributed by atoms with Crippen molar-refractivity contribution in [1.29, 1.82) is 0 Å². The molecule has 0 aromatic heterocycles. The van der Waals surface area contributed by atoms with Crippen LogP contribution in [0.4, 0.5) is 4.39 Å². The quantitative estimate of drug-likeness (QED) is 0.461. The van der Waals surface area contributed by atoms with Crippen LogP contribution < -0.4 is 0 Å². The second kappa shape index (κ2) is 5.05. The first-order valence-electron chi connectivity index (χ1n) is 3.69. The Morgan fingerprint density at radius 1 is 1.54 bits per heavy atom. The predicted molar refractivity (Wildman–Crippen MR) is 61.9 cm³/mol. The Balaban J connectivity index is 2.95. The van der Waals surface area contributed by atoms with E-state index in [1.54, 1.807) is 0 Å². The van der Waals surface area contributed by atoms with Gasteiger partial charge in [0.15, 0.2) is 5.78 Å². The van der Waals surface area contributed by atoms with Gasteiger partial charge in [-0.15, -0.1) is 0 Å². The van der Waals surface area contributed by atoms with Gasteiger partial charge in [-0.2, -0.15) is 0 Å². The first-order chi connectivity index (χ1) is 6.15. The molecule has 0 saturated heterocycles. The average Bonchev–Trinajstić information content (AvgIpc) is 2.04. The zero-order chi connectivity index (χ0) is 9.84. The average molecular weight is 357 g/mol. The Morgan fingerprint density at radius 2 is 2.23 bits per heavy atom. The van der Waals surface area contributed by atoms with Gasteiger partial charge in [0, 0.05) is 20.9 Å². The predicted octanol–water partition coefficient (Wildman–Crippen LogP) is 3.40. The van der Waals surface area contributed by atoms with Gasteiger partial charge in [0.25, 0.3) is 0 Å².